The highest BCUT2D eigenvalue weighted by Crippen LogP contribution is 2.28. The van der Waals surface area contributed by atoms with Gasteiger partial charge in [-0.1, -0.05) is 70.6 Å². The Balaban J connectivity index is 2.64. The van der Waals surface area contributed by atoms with Crippen LogP contribution in [0.2, 0.25) is 0 Å². The first-order valence-corrected chi connectivity index (χ1v) is 15.3. The van der Waals surface area contributed by atoms with Crippen LogP contribution in [0.15, 0.2) is 30.4 Å². The van der Waals surface area contributed by atoms with Gasteiger partial charge in [-0.3, -0.25) is 14.4 Å². The molecule has 1 aromatic carbocycles. The number of amides is 1. The molecule has 3 atom stereocenters. The van der Waals surface area contributed by atoms with Gasteiger partial charge in [0.05, 0.1) is 20.1 Å². The molecular formula is C33H51NO8. The lowest BCUT2D eigenvalue weighted by Crippen LogP contribution is -2.46. The van der Waals surface area contributed by atoms with Crippen LogP contribution < -0.4 is 14.8 Å². The van der Waals surface area contributed by atoms with Gasteiger partial charge >= 0.3 is 11.9 Å². The van der Waals surface area contributed by atoms with Gasteiger partial charge in [0, 0.05) is 25.7 Å². The summed E-state index contributed by atoms with van der Waals surface area (Å²) in [5.41, 5.74) is 0.639. The smallest absolute Gasteiger partial charge is 0.326 e. The number of Topliss-reactive ketones (excluding diaryl/α,β-unsaturated/α-hetero) is 1. The molecule has 1 aromatic rings. The summed E-state index contributed by atoms with van der Waals surface area (Å²) in [6.07, 6.45) is 14.8. The van der Waals surface area contributed by atoms with Crippen molar-refractivity contribution in [3.63, 3.8) is 0 Å². The van der Waals surface area contributed by atoms with Gasteiger partial charge in [0.1, 0.15) is 11.8 Å². The Morgan fingerprint density at radius 2 is 1.50 bits per heavy atom. The van der Waals surface area contributed by atoms with E-state index in [2.05, 4.69) is 12.2 Å². The number of carbonyl (C=O) groups excluding carboxylic acids is 2. The Labute approximate surface area is 251 Å². The second-order valence-corrected chi connectivity index (χ2v) is 11.0. The molecule has 42 heavy (non-hydrogen) atoms. The van der Waals surface area contributed by atoms with Crippen LogP contribution >= 0.6 is 0 Å². The number of hydrogen-bond acceptors (Lipinski definition) is 6. The highest BCUT2D eigenvalue weighted by Gasteiger charge is 2.29. The Morgan fingerprint density at radius 3 is 2.07 bits per heavy atom. The zero-order valence-electron chi connectivity index (χ0n) is 25.9. The lowest BCUT2D eigenvalue weighted by atomic mass is 9.89. The molecule has 0 heterocycles. The summed E-state index contributed by atoms with van der Waals surface area (Å²) in [6.45, 7) is 3.85. The molecule has 0 aliphatic rings. The van der Waals surface area contributed by atoms with Crippen LogP contribution in [0.1, 0.15) is 103 Å². The molecule has 3 N–H and O–H groups in total. The molecule has 9 heteroatoms. The number of allylic oxidation sites excluding steroid dienone is 1. The van der Waals surface area contributed by atoms with Crippen LogP contribution in [-0.2, 0) is 25.6 Å². The van der Waals surface area contributed by atoms with Crippen molar-refractivity contribution >= 4 is 23.6 Å². The monoisotopic (exact) mass is 589 g/mol. The van der Waals surface area contributed by atoms with Crippen molar-refractivity contribution in [1.29, 1.82) is 0 Å². The van der Waals surface area contributed by atoms with Crippen LogP contribution in [0.4, 0.5) is 0 Å². The number of unbranched alkanes of at least 4 members (excludes halogenated alkanes) is 8. The third-order valence-electron chi connectivity index (χ3n) is 7.39. The molecule has 1 rings (SSSR count). The topological polar surface area (TPSA) is 139 Å². The van der Waals surface area contributed by atoms with Crippen LogP contribution in [0, 0.1) is 11.8 Å². The van der Waals surface area contributed by atoms with E-state index in [4.69, 9.17) is 9.47 Å². The minimum absolute atomic E-state index is 0.0204. The van der Waals surface area contributed by atoms with Gasteiger partial charge in [-0.25, -0.2) is 4.79 Å². The molecule has 2 unspecified atom stereocenters. The standard InChI is InChI=1S/C33H51NO8/c1-5-6-7-10-13-16-26(35)17-14-11-8-9-12-15-18-27(24(2)21-31(36)37)32(38)34-28(33(39)40)22-25-19-20-29(41-3)30(23-25)42-4/h15,18-20,23-24,27-28H,5-14,16-17,21-22H2,1-4H3,(H,34,38)(H,36,37)(H,39,40)/b18-15+/t24?,27?,28-/m0/s1. The predicted molar refractivity (Wildman–Crippen MR) is 163 cm³/mol. The molecule has 0 saturated carbocycles. The van der Waals surface area contributed by atoms with Crippen LogP contribution in [0.25, 0.3) is 0 Å². The minimum Gasteiger partial charge on any atom is -0.493 e. The fourth-order valence-corrected chi connectivity index (χ4v) is 4.88. The molecule has 0 aliphatic heterocycles. The zero-order valence-corrected chi connectivity index (χ0v) is 25.9. The maximum Gasteiger partial charge on any atom is 0.326 e. The first-order valence-electron chi connectivity index (χ1n) is 15.3. The molecule has 0 aromatic heterocycles. The predicted octanol–water partition coefficient (Wildman–Crippen LogP) is 6.37. The van der Waals surface area contributed by atoms with Crippen LogP contribution in [-0.4, -0.2) is 54.1 Å². The molecule has 0 aliphatic carbocycles. The molecule has 9 nitrogen and oxygen atoms in total. The molecular weight excluding hydrogens is 538 g/mol. The zero-order chi connectivity index (χ0) is 31.3. The number of hydrogen-bond donors (Lipinski definition) is 3. The summed E-state index contributed by atoms with van der Waals surface area (Å²) < 4.78 is 10.5. The maximum atomic E-state index is 13.2. The normalized spacial score (nSPS) is 13.3. The Kier molecular flexibility index (Phi) is 18.6. The summed E-state index contributed by atoms with van der Waals surface area (Å²) in [5.74, 6) is -2.76. The second-order valence-electron chi connectivity index (χ2n) is 11.0. The van der Waals surface area contributed by atoms with Crippen molar-refractivity contribution in [2.24, 2.45) is 11.8 Å². The number of ether oxygens (including phenoxy) is 2. The fraction of sp³-hybridized carbons (Fsp3) is 0.636. The van der Waals surface area contributed by atoms with Crippen molar-refractivity contribution in [2.75, 3.05) is 14.2 Å². The largest absolute Gasteiger partial charge is 0.493 e. The summed E-state index contributed by atoms with van der Waals surface area (Å²) in [4.78, 5) is 48.6. The number of methoxy groups -OCH3 is 2. The van der Waals surface area contributed by atoms with Crippen molar-refractivity contribution in [2.45, 2.75) is 110 Å². The fourth-order valence-electron chi connectivity index (χ4n) is 4.88. The molecule has 236 valence electrons. The SMILES string of the molecule is CCCCCCCC(=O)CCCCCC/C=C/C(C(=O)N[C@@H](Cc1ccc(OC)c(OC)c1)C(=O)O)C(C)CC(=O)O. The molecule has 0 spiro atoms. The second kappa shape index (κ2) is 21.4. The number of benzene rings is 1. The lowest BCUT2D eigenvalue weighted by Gasteiger charge is -2.22. The Hall–Kier alpha value is -3.36. The van der Waals surface area contributed by atoms with E-state index in [1.54, 1.807) is 31.2 Å². The van der Waals surface area contributed by atoms with Crippen molar-refractivity contribution in [3.05, 3.63) is 35.9 Å². The number of carboxylic acids is 2. The van der Waals surface area contributed by atoms with Crippen LogP contribution in [0.3, 0.4) is 0 Å². The summed E-state index contributed by atoms with van der Waals surface area (Å²) in [5, 5.41) is 21.7. The average molecular weight is 590 g/mol. The van der Waals surface area contributed by atoms with E-state index >= 15 is 0 Å². The maximum absolute atomic E-state index is 13.2. The molecule has 0 saturated heterocycles. The van der Waals surface area contributed by atoms with Gasteiger partial charge in [-0.2, -0.15) is 0 Å². The van der Waals surface area contributed by atoms with E-state index in [1.165, 1.54) is 33.5 Å². The quantitative estimate of drug-likeness (QED) is 0.0934. The van der Waals surface area contributed by atoms with Crippen molar-refractivity contribution in [1.82, 2.24) is 5.32 Å². The molecule has 0 fully saturated rings. The van der Waals surface area contributed by atoms with Crippen molar-refractivity contribution in [3.8, 4) is 11.5 Å². The first-order chi connectivity index (χ1) is 20.1. The minimum atomic E-state index is -1.21. The van der Waals surface area contributed by atoms with Gasteiger partial charge in [-0.05, 0) is 49.3 Å². The number of ketones is 1. The van der Waals surface area contributed by atoms with Gasteiger partial charge < -0.3 is 25.0 Å². The Bertz CT molecular complexity index is 1010. The third-order valence-corrected chi connectivity index (χ3v) is 7.39. The average Bonchev–Trinajstić information content (AvgIpc) is 2.95. The van der Waals surface area contributed by atoms with Crippen LogP contribution in [0.5, 0.6) is 11.5 Å². The molecule has 1 amide bonds. The third kappa shape index (κ3) is 15.0. The van der Waals surface area contributed by atoms with E-state index in [1.807, 2.05) is 6.08 Å². The van der Waals surface area contributed by atoms with E-state index in [0.717, 1.165) is 38.5 Å². The molecule has 0 bridgehead atoms. The van der Waals surface area contributed by atoms with E-state index in [9.17, 15) is 29.4 Å². The van der Waals surface area contributed by atoms with Crippen molar-refractivity contribution < 1.29 is 38.9 Å². The van der Waals surface area contributed by atoms with E-state index in [-0.39, 0.29) is 12.8 Å². The van der Waals surface area contributed by atoms with Gasteiger partial charge in [0.25, 0.3) is 0 Å². The number of rotatable bonds is 24. The lowest BCUT2D eigenvalue weighted by molar-refractivity contribution is -0.143. The van der Waals surface area contributed by atoms with Gasteiger partial charge in [0.15, 0.2) is 11.5 Å². The number of aliphatic carboxylic acids is 2. The highest BCUT2D eigenvalue weighted by molar-refractivity contribution is 5.86. The first kappa shape index (κ1) is 36.7. The number of nitrogens with one attached hydrogen (secondary N) is 1. The summed E-state index contributed by atoms with van der Waals surface area (Å²) in [6, 6.07) is 3.83. The molecule has 0 radical (unpaired) electrons. The number of carboxylic acid groups (broad SMARTS) is 2. The van der Waals surface area contributed by atoms with Gasteiger partial charge in [0.2, 0.25) is 5.91 Å². The number of carbonyl (C=O) groups is 4. The summed E-state index contributed by atoms with van der Waals surface area (Å²) in [7, 11) is 2.99. The van der Waals surface area contributed by atoms with Gasteiger partial charge in [-0.15, -0.1) is 0 Å². The highest BCUT2D eigenvalue weighted by atomic mass is 16.5. The van der Waals surface area contributed by atoms with E-state index in [0.29, 0.717) is 42.1 Å². The Morgan fingerprint density at radius 1 is 0.881 bits per heavy atom. The summed E-state index contributed by atoms with van der Waals surface area (Å²) >= 11 is 0. The van der Waals surface area contributed by atoms with E-state index < -0.39 is 35.7 Å².